The molecule has 2 heterocycles. The summed E-state index contributed by atoms with van der Waals surface area (Å²) >= 11 is 7.50. The Labute approximate surface area is 178 Å². The minimum absolute atomic E-state index is 0.209. The number of aromatic nitrogens is 1. The molecule has 1 saturated heterocycles. The molecule has 29 heavy (non-hydrogen) atoms. The maximum absolute atomic E-state index is 12.7. The number of halogens is 1. The number of nitrogens with zero attached hydrogens (tertiary/aromatic N) is 2. The van der Waals surface area contributed by atoms with E-state index in [0.29, 0.717) is 28.8 Å². The van der Waals surface area contributed by atoms with Gasteiger partial charge in [0.05, 0.1) is 15.1 Å². The van der Waals surface area contributed by atoms with Gasteiger partial charge in [-0.05, 0) is 61.7 Å². The fourth-order valence-corrected chi connectivity index (χ4v) is 5.95. The van der Waals surface area contributed by atoms with Crippen LogP contribution in [-0.4, -0.2) is 36.7 Å². The highest BCUT2D eigenvalue weighted by atomic mass is 35.5. The van der Waals surface area contributed by atoms with Crippen LogP contribution in [0.25, 0.3) is 10.2 Å². The van der Waals surface area contributed by atoms with E-state index in [1.54, 1.807) is 0 Å². The zero-order chi connectivity index (χ0) is 20.6. The summed E-state index contributed by atoms with van der Waals surface area (Å²) in [5.74, 6) is -0.338. The predicted molar refractivity (Wildman–Crippen MR) is 116 cm³/mol. The monoisotopic (exact) mass is 449 g/mol. The molecule has 1 amide bonds. The normalized spacial score (nSPS) is 15.5. The molecule has 1 N–H and O–H groups in total. The third kappa shape index (κ3) is 4.02. The smallest absolute Gasteiger partial charge is 0.257 e. The summed E-state index contributed by atoms with van der Waals surface area (Å²) in [4.78, 5) is 17.2. The Hall–Kier alpha value is -2.00. The van der Waals surface area contributed by atoms with E-state index in [9.17, 15) is 13.2 Å². The second-order valence-electron chi connectivity index (χ2n) is 6.98. The quantitative estimate of drug-likeness (QED) is 0.626. The van der Waals surface area contributed by atoms with Gasteiger partial charge >= 0.3 is 0 Å². The maximum atomic E-state index is 12.7. The van der Waals surface area contributed by atoms with Crippen molar-refractivity contribution in [3.63, 3.8) is 0 Å². The Morgan fingerprint density at radius 3 is 2.48 bits per heavy atom. The zero-order valence-corrected chi connectivity index (χ0v) is 18.2. The summed E-state index contributed by atoms with van der Waals surface area (Å²) in [7, 11) is -3.51. The van der Waals surface area contributed by atoms with Crippen molar-refractivity contribution in [3.05, 3.63) is 52.5 Å². The number of aryl methyl sites for hydroxylation is 1. The van der Waals surface area contributed by atoms with Gasteiger partial charge in [0.25, 0.3) is 5.91 Å². The summed E-state index contributed by atoms with van der Waals surface area (Å²) < 4.78 is 27.9. The lowest BCUT2D eigenvalue weighted by Crippen LogP contribution is -2.35. The lowest BCUT2D eigenvalue weighted by Gasteiger charge is -2.25. The summed E-state index contributed by atoms with van der Waals surface area (Å²) in [6, 6.07) is 9.72. The third-order valence-corrected chi connectivity index (χ3v) is 8.30. The number of hydrogen-bond donors (Lipinski definition) is 1. The van der Waals surface area contributed by atoms with E-state index in [1.807, 2.05) is 19.1 Å². The molecule has 152 valence electrons. The van der Waals surface area contributed by atoms with Crippen LogP contribution < -0.4 is 5.32 Å². The van der Waals surface area contributed by atoms with Gasteiger partial charge in [0.2, 0.25) is 10.0 Å². The lowest BCUT2D eigenvalue weighted by molar-refractivity contribution is 0.102. The second kappa shape index (κ2) is 8.02. The minimum Gasteiger partial charge on any atom is -0.298 e. The van der Waals surface area contributed by atoms with Gasteiger partial charge in [-0.25, -0.2) is 13.4 Å². The fraction of sp³-hybridized carbons (Fsp3) is 0.300. The van der Waals surface area contributed by atoms with Gasteiger partial charge in [0, 0.05) is 23.7 Å². The first-order chi connectivity index (χ1) is 13.9. The summed E-state index contributed by atoms with van der Waals surface area (Å²) in [5.41, 5.74) is 2.01. The van der Waals surface area contributed by atoms with Crippen LogP contribution in [0.15, 0.2) is 41.3 Å². The van der Waals surface area contributed by atoms with Crippen LogP contribution in [0.2, 0.25) is 5.02 Å². The standard InChI is InChI=1S/C20H20ClN3O3S2/c1-13-16(21)9-10-17-18(13)22-20(28-17)23-19(25)14-5-7-15(8-6-14)29(26,27)24-11-3-2-4-12-24/h5-10H,2-4,11-12H2,1H3,(H,22,23,25). The molecule has 0 bridgehead atoms. The fourth-order valence-electron chi connectivity index (χ4n) is 3.36. The van der Waals surface area contributed by atoms with Crippen molar-refractivity contribution in [1.82, 2.24) is 9.29 Å². The van der Waals surface area contributed by atoms with Gasteiger partial charge in [0.15, 0.2) is 5.13 Å². The number of thiazole rings is 1. The Balaban J connectivity index is 1.52. The first-order valence-electron chi connectivity index (χ1n) is 9.33. The number of carbonyl (C=O) groups is 1. The molecule has 2 aromatic carbocycles. The molecule has 0 radical (unpaired) electrons. The molecule has 9 heteroatoms. The van der Waals surface area contributed by atoms with Gasteiger partial charge < -0.3 is 0 Å². The van der Waals surface area contributed by atoms with Crippen LogP contribution in [0.5, 0.6) is 0 Å². The number of carbonyl (C=O) groups excluding carboxylic acids is 1. The van der Waals surface area contributed by atoms with Gasteiger partial charge in [-0.1, -0.05) is 29.4 Å². The topological polar surface area (TPSA) is 79.4 Å². The molecule has 1 aromatic heterocycles. The number of anilines is 1. The van der Waals surface area contributed by atoms with Gasteiger partial charge in [-0.3, -0.25) is 10.1 Å². The van der Waals surface area contributed by atoms with Crippen molar-refractivity contribution in [3.8, 4) is 0 Å². The lowest BCUT2D eigenvalue weighted by atomic mass is 10.2. The molecular formula is C20H20ClN3O3S2. The maximum Gasteiger partial charge on any atom is 0.257 e. The van der Waals surface area contributed by atoms with Crippen molar-refractivity contribution in [2.24, 2.45) is 0 Å². The number of rotatable bonds is 4. The van der Waals surface area contributed by atoms with Crippen molar-refractivity contribution in [1.29, 1.82) is 0 Å². The zero-order valence-electron chi connectivity index (χ0n) is 15.8. The summed E-state index contributed by atoms with van der Waals surface area (Å²) in [5, 5.41) is 3.88. The van der Waals surface area contributed by atoms with E-state index in [1.165, 1.54) is 39.9 Å². The molecular weight excluding hydrogens is 430 g/mol. The number of amides is 1. The second-order valence-corrected chi connectivity index (χ2v) is 10.4. The molecule has 0 spiro atoms. The van der Waals surface area contributed by atoms with Crippen molar-refractivity contribution >= 4 is 54.2 Å². The first kappa shape index (κ1) is 20.3. The molecule has 4 rings (SSSR count). The Bertz CT molecular complexity index is 1170. The third-order valence-electron chi connectivity index (χ3n) is 5.04. The molecule has 1 aliphatic heterocycles. The van der Waals surface area contributed by atoms with Gasteiger partial charge in [0.1, 0.15) is 0 Å². The number of piperidine rings is 1. The van der Waals surface area contributed by atoms with Crippen molar-refractivity contribution in [2.45, 2.75) is 31.1 Å². The van der Waals surface area contributed by atoms with Gasteiger partial charge in [-0.15, -0.1) is 0 Å². The number of nitrogens with one attached hydrogen (secondary N) is 1. The Morgan fingerprint density at radius 1 is 1.10 bits per heavy atom. The highest BCUT2D eigenvalue weighted by Crippen LogP contribution is 2.32. The average molecular weight is 450 g/mol. The van der Waals surface area contributed by atoms with E-state index in [-0.39, 0.29) is 10.8 Å². The SMILES string of the molecule is Cc1c(Cl)ccc2sc(NC(=O)c3ccc(S(=O)(=O)N4CCCCC4)cc3)nc12. The van der Waals surface area contributed by atoms with E-state index in [2.05, 4.69) is 10.3 Å². The van der Waals surface area contributed by atoms with E-state index < -0.39 is 10.0 Å². The van der Waals surface area contributed by atoms with Crippen molar-refractivity contribution < 1.29 is 13.2 Å². The molecule has 6 nitrogen and oxygen atoms in total. The van der Waals surface area contributed by atoms with Crippen LogP contribution >= 0.6 is 22.9 Å². The number of benzene rings is 2. The summed E-state index contributed by atoms with van der Waals surface area (Å²) in [6.45, 7) is 2.98. The number of sulfonamides is 1. The molecule has 0 unspecified atom stereocenters. The van der Waals surface area contributed by atoms with Gasteiger partial charge in [-0.2, -0.15) is 4.31 Å². The van der Waals surface area contributed by atoms with Crippen LogP contribution in [0.1, 0.15) is 35.2 Å². The largest absolute Gasteiger partial charge is 0.298 e. The highest BCUT2D eigenvalue weighted by Gasteiger charge is 2.26. The molecule has 0 aliphatic carbocycles. The van der Waals surface area contributed by atoms with E-state index >= 15 is 0 Å². The summed E-state index contributed by atoms with van der Waals surface area (Å²) in [6.07, 6.45) is 2.82. The van der Waals surface area contributed by atoms with E-state index in [4.69, 9.17) is 11.6 Å². The molecule has 0 saturated carbocycles. The van der Waals surface area contributed by atoms with E-state index in [0.717, 1.165) is 35.0 Å². The van der Waals surface area contributed by atoms with Crippen LogP contribution in [0.3, 0.4) is 0 Å². The molecule has 0 atom stereocenters. The van der Waals surface area contributed by atoms with Crippen molar-refractivity contribution in [2.75, 3.05) is 18.4 Å². The molecule has 1 aliphatic rings. The number of fused-ring (bicyclic) bond motifs is 1. The minimum atomic E-state index is -3.51. The van der Waals surface area contributed by atoms with Crippen LogP contribution in [-0.2, 0) is 10.0 Å². The average Bonchev–Trinajstić information content (AvgIpc) is 3.15. The first-order valence-corrected chi connectivity index (χ1v) is 12.0. The van der Waals surface area contributed by atoms with Crippen LogP contribution in [0, 0.1) is 6.92 Å². The predicted octanol–water partition coefficient (Wildman–Crippen LogP) is 4.69. The van der Waals surface area contributed by atoms with Crippen LogP contribution in [0.4, 0.5) is 5.13 Å². The molecule has 1 fully saturated rings. The molecule has 3 aromatic rings. The Kier molecular flexibility index (Phi) is 5.61. The Morgan fingerprint density at radius 2 is 1.79 bits per heavy atom. The highest BCUT2D eigenvalue weighted by molar-refractivity contribution is 7.89. The number of hydrogen-bond acceptors (Lipinski definition) is 5.